The average Bonchev–Trinajstić information content (AvgIpc) is 3.62. The number of aliphatic hydroxyl groups is 1. The molecule has 0 radical (unpaired) electrons. The summed E-state index contributed by atoms with van der Waals surface area (Å²) in [4.78, 5) is 12.2. The fraction of sp³-hybridized carbons (Fsp3) is 0.0606. The Hall–Kier alpha value is -5.34. The lowest BCUT2D eigenvalue weighted by Gasteiger charge is -2.15. The minimum absolute atomic E-state index is 0.282. The number of hydrogen-bond donors (Lipinski definition) is 4. The van der Waals surface area contributed by atoms with Gasteiger partial charge >= 0.3 is 0 Å². The maximum atomic E-state index is 14.6. The van der Waals surface area contributed by atoms with E-state index in [2.05, 4.69) is 36.5 Å². The van der Waals surface area contributed by atoms with Crippen molar-refractivity contribution in [3.05, 3.63) is 121 Å². The van der Waals surface area contributed by atoms with E-state index in [1.54, 1.807) is 30.7 Å². The Kier molecular flexibility index (Phi) is 6.22. The number of nitrogens with one attached hydrogen (secondary N) is 3. The van der Waals surface area contributed by atoms with Crippen LogP contribution in [0.4, 0.5) is 10.1 Å². The monoisotopic (exact) mass is 540 g/mol. The van der Waals surface area contributed by atoms with E-state index in [1.807, 2.05) is 66.7 Å². The lowest BCUT2D eigenvalue weighted by atomic mass is 10.0. The van der Waals surface area contributed by atoms with Crippen molar-refractivity contribution in [2.24, 2.45) is 0 Å². The molecule has 0 aliphatic rings. The third kappa shape index (κ3) is 4.81. The van der Waals surface area contributed by atoms with Crippen molar-refractivity contribution in [1.82, 2.24) is 25.1 Å². The largest absolute Gasteiger partial charge is 0.373 e. The number of rotatable bonds is 7. The number of aliphatic hydroxyl groups excluding tert-OH is 1. The quantitative estimate of drug-likeness (QED) is 0.164. The Labute approximate surface area is 234 Å². The molecule has 4 N–H and O–H groups in total. The molecule has 41 heavy (non-hydrogen) atoms. The molecule has 4 aromatic heterocycles. The molecule has 0 saturated carbocycles. The molecule has 0 fully saturated rings. The zero-order chi connectivity index (χ0) is 27.8. The van der Waals surface area contributed by atoms with Gasteiger partial charge in [0, 0.05) is 40.7 Å². The van der Waals surface area contributed by atoms with Crippen LogP contribution in [-0.2, 0) is 6.42 Å². The second-order valence-corrected chi connectivity index (χ2v) is 9.93. The summed E-state index contributed by atoms with van der Waals surface area (Å²) in [6.45, 7) is 0. The number of fused-ring (bicyclic) bond motifs is 2. The van der Waals surface area contributed by atoms with Crippen LogP contribution in [0.1, 0.15) is 5.56 Å². The van der Waals surface area contributed by atoms with E-state index in [-0.39, 0.29) is 5.82 Å². The first-order valence-corrected chi connectivity index (χ1v) is 13.3. The van der Waals surface area contributed by atoms with Crippen molar-refractivity contribution in [3.8, 4) is 33.6 Å². The zero-order valence-electron chi connectivity index (χ0n) is 21.8. The molecule has 1 unspecified atom stereocenters. The average molecular weight is 541 g/mol. The maximum absolute atomic E-state index is 14.6. The van der Waals surface area contributed by atoms with E-state index in [4.69, 9.17) is 0 Å². The molecule has 8 heteroatoms. The Balaban J connectivity index is 1.21. The van der Waals surface area contributed by atoms with Crippen LogP contribution in [0.3, 0.4) is 0 Å². The first-order valence-electron chi connectivity index (χ1n) is 13.3. The summed E-state index contributed by atoms with van der Waals surface area (Å²) in [5.74, 6) is -0.282. The van der Waals surface area contributed by atoms with Gasteiger partial charge in [0.2, 0.25) is 0 Å². The summed E-state index contributed by atoms with van der Waals surface area (Å²) in [5.41, 5.74) is 7.96. The summed E-state index contributed by atoms with van der Waals surface area (Å²) in [6.07, 6.45) is 4.90. The van der Waals surface area contributed by atoms with Gasteiger partial charge in [0.05, 0.1) is 23.1 Å². The maximum Gasteiger partial charge on any atom is 0.138 e. The highest BCUT2D eigenvalue weighted by atomic mass is 19.1. The molecule has 0 bridgehead atoms. The van der Waals surface area contributed by atoms with Gasteiger partial charge in [0.15, 0.2) is 0 Å². The molecular weight excluding hydrogens is 515 g/mol. The molecular formula is C33H25FN6O. The van der Waals surface area contributed by atoms with Crippen molar-refractivity contribution in [2.75, 3.05) is 5.32 Å². The van der Waals surface area contributed by atoms with Gasteiger partial charge in [-0.05, 0) is 53.1 Å². The molecule has 0 amide bonds. The Morgan fingerprint density at radius 2 is 1.68 bits per heavy atom. The number of halogens is 1. The van der Waals surface area contributed by atoms with Crippen LogP contribution >= 0.6 is 0 Å². The predicted octanol–water partition coefficient (Wildman–Crippen LogP) is 6.95. The molecule has 0 saturated heterocycles. The molecule has 4 heterocycles. The van der Waals surface area contributed by atoms with Crippen molar-refractivity contribution in [2.45, 2.75) is 12.6 Å². The van der Waals surface area contributed by atoms with Crippen LogP contribution < -0.4 is 5.32 Å². The van der Waals surface area contributed by atoms with Crippen LogP contribution in [0.15, 0.2) is 110 Å². The lowest BCUT2D eigenvalue weighted by molar-refractivity contribution is 0.204. The number of benzene rings is 3. The fourth-order valence-corrected chi connectivity index (χ4v) is 5.23. The molecule has 200 valence electrons. The number of aromatic nitrogens is 5. The molecule has 7 nitrogen and oxygen atoms in total. The third-order valence-electron chi connectivity index (χ3n) is 7.19. The molecule has 0 spiro atoms. The Morgan fingerprint density at radius 3 is 2.56 bits per heavy atom. The normalized spacial score (nSPS) is 12.1. The predicted molar refractivity (Wildman–Crippen MR) is 160 cm³/mol. The van der Waals surface area contributed by atoms with E-state index in [9.17, 15) is 9.50 Å². The second-order valence-electron chi connectivity index (χ2n) is 9.93. The summed E-state index contributed by atoms with van der Waals surface area (Å²) in [5, 5.41) is 23.2. The standard InChI is InChI=1S/C33H25FN6O/c34-28-9-5-4-8-25(28)24-12-13-36-33-26(24)17-30(38-33)32-27-16-21(10-11-29(27)39-40-32)22-15-23(19-35-18-22)37-31(41)14-20-6-2-1-3-7-20/h1-13,15-19,31,37,41H,14H2,(H,36,38)(H,39,40). The van der Waals surface area contributed by atoms with Crippen molar-refractivity contribution in [1.29, 1.82) is 0 Å². The summed E-state index contributed by atoms with van der Waals surface area (Å²) < 4.78 is 14.6. The van der Waals surface area contributed by atoms with Gasteiger partial charge in [-0.2, -0.15) is 5.10 Å². The summed E-state index contributed by atoms with van der Waals surface area (Å²) in [6, 6.07) is 28.4. The highest BCUT2D eigenvalue weighted by Gasteiger charge is 2.16. The van der Waals surface area contributed by atoms with Crippen molar-refractivity contribution >= 4 is 27.6 Å². The smallest absolute Gasteiger partial charge is 0.138 e. The van der Waals surface area contributed by atoms with E-state index < -0.39 is 6.23 Å². The Bertz CT molecular complexity index is 2000. The van der Waals surface area contributed by atoms with Crippen LogP contribution in [0.5, 0.6) is 0 Å². The van der Waals surface area contributed by atoms with Crippen LogP contribution in [0.25, 0.3) is 55.6 Å². The Morgan fingerprint density at radius 1 is 0.829 bits per heavy atom. The van der Waals surface area contributed by atoms with E-state index >= 15 is 0 Å². The molecule has 0 aliphatic carbocycles. The van der Waals surface area contributed by atoms with Gasteiger partial charge in [-0.25, -0.2) is 9.37 Å². The molecule has 0 aliphatic heterocycles. The SMILES string of the molecule is OC(Cc1ccccc1)Nc1cncc(-c2ccc3[nH]nc(-c4cc5c(-c6ccccc6F)ccnc5[nH]4)c3c2)c1. The van der Waals surface area contributed by atoms with Crippen LogP contribution in [0, 0.1) is 5.82 Å². The van der Waals surface area contributed by atoms with Gasteiger partial charge in [-0.3, -0.25) is 10.1 Å². The number of nitrogens with zero attached hydrogens (tertiary/aromatic N) is 3. The number of hydrogen-bond acceptors (Lipinski definition) is 5. The van der Waals surface area contributed by atoms with Gasteiger partial charge in [0.25, 0.3) is 0 Å². The lowest BCUT2D eigenvalue weighted by Crippen LogP contribution is -2.21. The van der Waals surface area contributed by atoms with Crippen molar-refractivity contribution < 1.29 is 9.50 Å². The number of H-pyrrole nitrogens is 2. The highest BCUT2D eigenvalue weighted by Crippen LogP contribution is 2.35. The number of aromatic amines is 2. The minimum atomic E-state index is -0.748. The minimum Gasteiger partial charge on any atom is -0.373 e. The number of pyridine rings is 2. The zero-order valence-corrected chi connectivity index (χ0v) is 21.8. The molecule has 3 aromatic carbocycles. The van der Waals surface area contributed by atoms with Crippen LogP contribution in [0.2, 0.25) is 0 Å². The van der Waals surface area contributed by atoms with Gasteiger partial charge in [-0.15, -0.1) is 0 Å². The summed E-state index contributed by atoms with van der Waals surface area (Å²) in [7, 11) is 0. The first kappa shape index (κ1) is 24.7. The summed E-state index contributed by atoms with van der Waals surface area (Å²) >= 11 is 0. The first-order chi connectivity index (χ1) is 20.1. The topological polar surface area (TPSA) is 103 Å². The molecule has 7 aromatic rings. The molecule has 7 rings (SSSR count). The second kappa shape index (κ2) is 10.3. The van der Waals surface area contributed by atoms with Crippen molar-refractivity contribution in [3.63, 3.8) is 0 Å². The number of anilines is 1. The van der Waals surface area contributed by atoms with Gasteiger partial charge in [0.1, 0.15) is 23.4 Å². The van der Waals surface area contributed by atoms with Gasteiger partial charge < -0.3 is 15.4 Å². The third-order valence-corrected chi connectivity index (χ3v) is 7.19. The van der Waals surface area contributed by atoms with Crippen LogP contribution in [-0.4, -0.2) is 36.5 Å². The fourth-order valence-electron chi connectivity index (χ4n) is 5.23. The highest BCUT2D eigenvalue weighted by molar-refractivity contribution is 6.00. The van der Waals surface area contributed by atoms with Gasteiger partial charge in [-0.1, -0.05) is 54.6 Å². The molecule has 1 atom stereocenters. The van der Waals surface area contributed by atoms with E-state index in [0.29, 0.717) is 17.6 Å². The van der Waals surface area contributed by atoms with E-state index in [0.717, 1.165) is 55.6 Å². The van der Waals surface area contributed by atoms with E-state index in [1.165, 1.54) is 6.07 Å².